The van der Waals surface area contributed by atoms with E-state index in [0.29, 0.717) is 24.2 Å². The summed E-state index contributed by atoms with van der Waals surface area (Å²) in [7, 11) is 0. The summed E-state index contributed by atoms with van der Waals surface area (Å²) in [4.78, 5) is 38.8. The summed E-state index contributed by atoms with van der Waals surface area (Å²) in [5.74, 6) is -2.46. The predicted molar refractivity (Wildman–Crippen MR) is 149 cm³/mol. The zero-order valence-electron chi connectivity index (χ0n) is 23.7. The number of benzene rings is 1. The summed E-state index contributed by atoms with van der Waals surface area (Å²) < 4.78 is 18.5. The van der Waals surface area contributed by atoms with E-state index in [4.69, 9.17) is 14.2 Å². The minimum atomic E-state index is -1.23. The molecule has 9 nitrogen and oxygen atoms in total. The summed E-state index contributed by atoms with van der Waals surface area (Å²) in [6, 6.07) is 2.91. The number of hydrogen-bond acceptors (Lipinski definition) is 8. The highest BCUT2D eigenvalue weighted by molar-refractivity contribution is 5.96. The Labute approximate surface area is 234 Å². The molecule has 1 amide bonds. The lowest BCUT2D eigenvalue weighted by Gasteiger charge is -2.48. The molecule has 3 heterocycles. The molecule has 9 heteroatoms. The minimum absolute atomic E-state index is 0.00254. The fraction of sp³-hybridized carbons (Fsp3) is 0.516. The molecule has 3 aliphatic rings. The van der Waals surface area contributed by atoms with E-state index in [-0.39, 0.29) is 41.6 Å². The van der Waals surface area contributed by atoms with Crippen LogP contribution < -0.4 is 10.1 Å². The van der Waals surface area contributed by atoms with Crippen LogP contribution in [0.4, 0.5) is 5.69 Å². The Kier molecular flexibility index (Phi) is 8.85. The van der Waals surface area contributed by atoms with Gasteiger partial charge >= 0.3 is 5.97 Å². The number of fused-ring (bicyclic) bond motifs is 2. The maximum Gasteiger partial charge on any atom is 0.334 e. The number of esters is 1. The van der Waals surface area contributed by atoms with Gasteiger partial charge in [0, 0.05) is 36.0 Å². The predicted octanol–water partition coefficient (Wildman–Crippen LogP) is 5.04. The second kappa shape index (κ2) is 12.0. The number of carbonyl (C=O) groups is 3. The van der Waals surface area contributed by atoms with E-state index in [1.54, 1.807) is 26.0 Å². The van der Waals surface area contributed by atoms with Gasteiger partial charge in [-0.05, 0) is 51.7 Å². The molecule has 216 valence electrons. The molecule has 1 spiro atoms. The minimum Gasteiger partial charge on any atom is -0.508 e. The van der Waals surface area contributed by atoms with E-state index in [0.717, 1.165) is 12.0 Å². The molecule has 1 fully saturated rings. The van der Waals surface area contributed by atoms with Gasteiger partial charge in [-0.2, -0.15) is 0 Å². The first-order chi connectivity index (χ1) is 18.9. The number of phenols is 1. The summed E-state index contributed by atoms with van der Waals surface area (Å²) in [6.45, 7) is 9.06. The number of allylic oxidation sites excluding steroid dienone is 2. The van der Waals surface area contributed by atoms with Crippen LogP contribution in [0.2, 0.25) is 0 Å². The highest BCUT2D eigenvalue weighted by Crippen LogP contribution is 2.53. The highest BCUT2D eigenvalue weighted by Gasteiger charge is 2.52. The smallest absolute Gasteiger partial charge is 0.334 e. The molecule has 1 aromatic carbocycles. The molecule has 0 aromatic heterocycles. The number of nitrogens with one attached hydrogen (secondary N) is 1. The van der Waals surface area contributed by atoms with Crippen molar-refractivity contribution in [1.29, 1.82) is 0 Å². The van der Waals surface area contributed by atoms with Gasteiger partial charge in [-0.15, -0.1) is 0 Å². The lowest BCUT2D eigenvalue weighted by Crippen LogP contribution is -2.52. The van der Waals surface area contributed by atoms with Crippen LogP contribution in [0.25, 0.3) is 0 Å². The zero-order valence-corrected chi connectivity index (χ0v) is 23.7. The van der Waals surface area contributed by atoms with Gasteiger partial charge in [0.15, 0.2) is 5.75 Å². The van der Waals surface area contributed by atoms with E-state index in [9.17, 15) is 24.6 Å². The maximum absolute atomic E-state index is 13.1. The number of phenolic OH excluding ortho intramolecular Hbond substituents is 1. The molecule has 4 rings (SSSR count). The van der Waals surface area contributed by atoms with Gasteiger partial charge in [-0.25, -0.2) is 4.79 Å². The topological polar surface area (TPSA) is 131 Å². The Balaban J connectivity index is 1.76. The Morgan fingerprint density at radius 3 is 2.67 bits per heavy atom. The summed E-state index contributed by atoms with van der Waals surface area (Å²) >= 11 is 0. The molecule has 1 saturated heterocycles. The summed E-state index contributed by atoms with van der Waals surface area (Å²) in [5, 5.41) is 24.0. The molecule has 0 unspecified atom stereocenters. The Morgan fingerprint density at radius 1 is 1.23 bits per heavy atom. The fourth-order valence-corrected chi connectivity index (χ4v) is 5.32. The van der Waals surface area contributed by atoms with Crippen LogP contribution in [0, 0.1) is 11.8 Å². The monoisotopic (exact) mass is 553 g/mol. The fourth-order valence-electron chi connectivity index (χ4n) is 5.32. The van der Waals surface area contributed by atoms with Gasteiger partial charge in [-0.1, -0.05) is 37.6 Å². The van der Waals surface area contributed by atoms with Crippen molar-refractivity contribution in [3.8, 4) is 11.5 Å². The number of aromatic hydroxyl groups is 1. The number of rotatable bonds is 3. The lowest BCUT2D eigenvalue weighted by molar-refractivity contribution is -0.261. The Bertz CT molecular complexity index is 1260. The molecular weight excluding hydrogens is 514 g/mol. The average molecular weight is 554 g/mol. The van der Waals surface area contributed by atoms with Crippen molar-refractivity contribution in [2.24, 2.45) is 11.8 Å². The lowest BCUT2D eigenvalue weighted by atomic mass is 9.82. The molecule has 1 aromatic rings. The van der Waals surface area contributed by atoms with Crippen molar-refractivity contribution in [1.82, 2.24) is 0 Å². The van der Waals surface area contributed by atoms with Crippen molar-refractivity contribution in [3.63, 3.8) is 0 Å². The number of ether oxygens (including phenoxy) is 3. The first-order valence-corrected chi connectivity index (χ1v) is 13.9. The van der Waals surface area contributed by atoms with E-state index in [2.05, 4.69) is 5.32 Å². The number of hydrogen-bond donors (Lipinski definition) is 3. The van der Waals surface area contributed by atoms with Crippen LogP contribution in [0.3, 0.4) is 0 Å². The standard InChI is InChI=1S/C31H39NO8/c1-6-20-8-9-26(24(34)13-17(2)3)38-30(37)18(4)7-10-27(36)32-23-15-21(33)14-22-28-19(5)25(35)16-31(39-28,12-11-20)40-29(22)23/h7-9,13-15,19-20,24,26,28,33-34H,6,10-12,16H2,1-5H3,(H,32,36)/b9-8-,18-7-/t19-,20+,24+,26+,28+,31+/m1/s1. The number of Topliss-reactive ketones (excluding diaryl/α,β-unsaturated/α-hetero) is 1. The third-order valence-corrected chi connectivity index (χ3v) is 7.71. The normalized spacial score (nSPS) is 31.9. The third kappa shape index (κ3) is 6.47. The molecule has 0 aliphatic carbocycles. The Morgan fingerprint density at radius 2 is 1.98 bits per heavy atom. The van der Waals surface area contributed by atoms with Crippen LogP contribution in [0.5, 0.6) is 11.5 Å². The highest BCUT2D eigenvalue weighted by atomic mass is 16.7. The van der Waals surface area contributed by atoms with Crippen molar-refractivity contribution in [2.75, 3.05) is 5.32 Å². The van der Waals surface area contributed by atoms with E-state index in [1.807, 2.05) is 26.8 Å². The van der Waals surface area contributed by atoms with Crippen LogP contribution in [0.15, 0.2) is 47.6 Å². The molecule has 3 aliphatic heterocycles. The summed E-state index contributed by atoms with van der Waals surface area (Å²) in [5.41, 5.74) is 1.87. The van der Waals surface area contributed by atoms with Crippen molar-refractivity contribution in [3.05, 3.63) is 53.1 Å². The molecule has 0 saturated carbocycles. The number of aliphatic hydroxyl groups excluding tert-OH is 1. The van der Waals surface area contributed by atoms with Crippen molar-refractivity contribution >= 4 is 23.3 Å². The molecule has 40 heavy (non-hydrogen) atoms. The van der Waals surface area contributed by atoms with Gasteiger partial charge in [0.25, 0.3) is 0 Å². The van der Waals surface area contributed by atoms with E-state index >= 15 is 0 Å². The average Bonchev–Trinajstić information content (AvgIpc) is 2.89. The second-order valence-electron chi connectivity index (χ2n) is 11.2. The van der Waals surface area contributed by atoms with E-state index < -0.39 is 41.9 Å². The van der Waals surface area contributed by atoms with E-state index in [1.165, 1.54) is 18.2 Å². The van der Waals surface area contributed by atoms with Gasteiger partial charge in [0.05, 0.1) is 12.1 Å². The largest absolute Gasteiger partial charge is 0.508 e. The van der Waals surface area contributed by atoms with Crippen LogP contribution in [-0.4, -0.2) is 45.9 Å². The third-order valence-electron chi connectivity index (χ3n) is 7.71. The molecular formula is C31H39NO8. The maximum atomic E-state index is 13.1. The number of aliphatic hydroxyl groups is 1. The first kappa shape index (κ1) is 29.6. The quantitative estimate of drug-likeness (QED) is 0.351. The molecule has 3 bridgehead atoms. The summed E-state index contributed by atoms with van der Waals surface area (Å²) in [6.07, 6.45) is 5.73. The zero-order chi connectivity index (χ0) is 29.2. The number of ketones is 1. The van der Waals surface area contributed by atoms with Gasteiger partial charge in [0.1, 0.15) is 29.8 Å². The van der Waals surface area contributed by atoms with Gasteiger partial charge in [-0.3, -0.25) is 9.59 Å². The van der Waals surface area contributed by atoms with Gasteiger partial charge in [0.2, 0.25) is 11.7 Å². The SMILES string of the molecule is CC[C@H]1/C=C\[C@@H]([C@@H](O)C=C(C)C)OC(=O)/C(C)=C\CC(=O)Nc2cc(O)cc3c2O[C@@]2(CC1)CC(=O)[C@@H](C)[C@@H]3O2. The van der Waals surface area contributed by atoms with Crippen molar-refractivity contribution < 1.29 is 38.8 Å². The number of anilines is 1. The molecule has 0 radical (unpaired) electrons. The van der Waals surface area contributed by atoms with Crippen molar-refractivity contribution in [2.45, 2.75) is 90.8 Å². The first-order valence-electron chi connectivity index (χ1n) is 13.9. The Hall–Kier alpha value is -3.43. The number of amides is 1. The second-order valence-corrected chi connectivity index (χ2v) is 11.2. The molecule has 3 N–H and O–H groups in total. The van der Waals surface area contributed by atoms with Crippen LogP contribution >= 0.6 is 0 Å². The number of cyclic esters (lactones) is 1. The van der Waals surface area contributed by atoms with Crippen LogP contribution in [-0.2, 0) is 23.9 Å². The number of carbonyl (C=O) groups excluding carboxylic acids is 3. The molecule has 6 atom stereocenters. The van der Waals surface area contributed by atoms with Crippen LogP contribution in [0.1, 0.15) is 78.4 Å². The van der Waals surface area contributed by atoms with Gasteiger partial charge < -0.3 is 29.7 Å².